The van der Waals surface area contributed by atoms with Gasteiger partial charge in [0.15, 0.2) is 0 Å². The predicted molar refractivity (Wildman–Crippen MR) is 98.7 cm³/mol. The second-order valence-electron chi connectivity index (χ2n) is 6.12. The number of hydrogen-bond donors (Lipinski definition) is 1. The zero-order chi connectivity index (χ0) is 20.9. The standard InChI is InChI=1S/C19H16F3N5O2/c20-19(21,22)15-2-1-3-16(9-15)26-17(28)14(10-23)8-13-11-24-18(25-12-13)27-4-6-29-7-5-27/h1-3,8-9,11-12H,4-7H2,(H,26,28)/b14-8+. The van der Waals surface area contributed by atoms with Crippen molar-refractivity contribution in [3.05, 3.63) is 53.4 Å². The minimum atomic E-state index is -4.53. The van der Waals surface area contributed by atoms with Crippen LogP contribution in [0.4, 0.5) is 24.8 Å². The van der Waals surface area contributed by atoms with Gasteiger partial charge in [-0.15, -0.1) is 0 Å². The molecule has 2 aromatic rings. The molecule has 10 heteroatoms. The molecule has 0 bridgehead atoms. The first-order valence-corrected chi connectivity index (χ1v) is 8.62. The van der Waals surface area contributed by atoms with Crippen molar-refractivity contribution in [3.8, 4) is 6.07 Å². The van der Waals surface area contributed by atoms with Gasteiger partial charge >= 0.3 is 6.18 Å². The van der Waals surface area contributed by atoms with E-state index in [4.69, 9.17) is 4.74 Å². The zero-order valence-electron chi connectivity index (χ0n) is 15.1. The number of carbonyl (C=O) groups is 1. The number of carbonyl (C=O) groups excluding carboxylic acids is 1. The van der Waals surface area contributed by atoms with Gasteiger partial charge in [0.1, 0.15) is 11.6 Å². The van der Waals surface area contributed by atoms with Crippen LogP contribution in [0.15, 0.2) is 42.2 Å². The van der Waals surface area contributed by atoms with Crippen molar-refractivity contribution < 1.29 is 22.7 Å². The summed E-state index contributed by atoms with van der Waals surface area (Å²) >= 11 is 0. The Morgan fingerprint density at radius 2 is 1.93 bits per heavy atom. The van der Waals surface area contributed by atoms with E-state index in [1.807, 2.05) is 4.90 Å². The summed E-state index contributed by atoms with van der Waals surface area (Å²) in [5.74, 6) is -0.318. The minimum absolute atomic E-state index is 0.0649. The van der Waals surface area contributed by atoms with Gasteiger partial charge in [0, 0.05) is 36.7 Å². The monoisotopic (exact) mass is 403 g/mol. The van der Waals surface area contributed by atoms with Gasteiger partial charge in [0.25, 0.3) is 5.91 Å². The number of ether oxygens (including phenoxy) is 1. The van der Waals surface area contributed by atoms with E-state index in [0.717, 1.165) is 12.1 Å². The molecule has 0 aliphatic carbocycles. The molecular formula is C19H16F3N5O2. The van der Waals surface area contributed by atoms with Gasteiger partial charge in [-0.25, -0.2) is 9.97 Å². The van der Waals surface area contributed by atoms with Crippen molar-refractivity contribution in [1.29, 1.82) is 5.26 Å². The summed E-state index contributed by atoms with van der Waals surface area (Å²) in [5, 5.41) is 11.6. The van der Waals surface area contributed by atoms with E-state index in [9.17, 15) is 23.2 Å². The Bertz CT molecular complexity index is 946. The Labute approximate surface area is 164 Å². The van der Waals surface area contributed by atoms with Crippen LogP contribution in [0.2, 0.25) is 0 Å². The predicted octanol–water partition coefficient (Wildman–Crippen LogP) is 2.88. The fourth-order valence-corrected chi connectivity index (χ4v) is 2.62. The van der Waals surface area contributed by atoms with Crippen molar-refractivity contribution in [3.63, 3.8) is 0 Å². The Morgan fingerprint density at radius 3 is 2.55 bits per heavy atom. The molecule has 0 unspecified atom stereocenters. The minimum Gasteiger partial charge on any atom is -0.378 e. The summed E-state index contributed by atoms with van der Waals surface area (Å²) in [6, 6.07) is 5.91. The van der Waals surface area contributed by atoms with Crippen molar-refractivity contribution >= 4 is 23.6 Å². The molecule has 1 aromatic heterocycles. The largest absolute Gasteiger partial charge is 0.416 e. The topological polar surface area (TPSA) is 91.1 Å². The first-order valence-electron chi connectivity index (χ1n) is 8.62. The molecule has 1 aliphatic heterocycles. The highest BCUT2D eigenvalue weighted by molar-refractivity contribution is 6.09. The molecule has 150 valence electrons. The zero-order valence-corrected chi connectivity index (χ0v) is 15.1. The second-order valence-corrected chi connectivity index (χ2v) is 6.12. The summed E-state index contributed by atoms with van der Waals surface area (Å²) < 4.78 is 43.6. The maximum Gasteiger partial charge on any atom is 0.416 e. The number of rotatable bonds is 4. The lowest BCUT2D eigenvalue weighted by Crippen LogP contribution is -2.37. The first kappa shape index (κ1) is 20.3. The number of anilines is 2. The molecule has 1 N–H and O–H groups in total. The second kappa shape index (κ2) is 8.70. The van der Waals surface area contributed by atoms with Gasteiger partial charge in [0.05, 0.1) is 18.8 Å². The number of morpholine rings is 1. The van der Waals surface area contributed by atoms with E-state index >= 15 is 0 Å². The number of alkyl halides is 3. The molecular weight excluding hydrogens is 387 g/mol. The van der Waals surface area contributed by atoms with E-state index in [0.29, 0.717) is 37.8 Å². The Balaban J connectivity index is 1.72. The molecule has 1 saturated heterocycles. The fraction of sp³-hybridized carbons (Fsp3) is 0.263. The maximum atomic E-state index is 12.8. The van der Waals surface area contributed by atoms with Gasteiger partial charge in [-0.05, 0) is 24.3 Å². The van der Waals surface area contributed by atoms with Gasteiger partial charge in [-0.2, -0.15) is 18.4 Å². The van der Waals surface area contributed by atoms with Crippen LogP contribution in [0.3, 0.4) is 0 Å². The van der Waals surface area contributed by atoms with Crippen LogP contribution in [-0.2, 0) is 15.7 Å². The van der Waals surface area contributed by atoms with Crippen molar-refractivity contribution in [2.24, 2.45) is 0 Å². The average molecular weight is 403 g/mol. The molecule has 2 heterocycles. The maximum absolute atomic E-state index is 12.8. The molecule has 0 atom stereocenters. The Hall–Kier alpha value is -3.45. The molecule has 1 aromatic carbocycles. The average Bonchev–Trinajstić information content (AvgIpc) is 2.72. The van der Waals surface area contributed by atoms with E-state index < -0.39 is 17.6 Å². The first-order chi connectivity index (χ1) is 13.9. The van der Waals surface area contributed by atoms with E-state index in [1.165, 1.54) is 30.6 Å². The highest BCUT2D eigenvalue weighted by Gasteiger charge is 2.30. The smallest absolute Gasteiger partial charge is 0.378 e. The number of nitriles is 1. The summed E-state index contributed by atoms with van der Waals surface area (Å²) in [4.78, 5) is 22.7. The van der Waals surface area contributed by atoms with Crippen molar-refractivity contribution in [2.75, 3.05) is 36.5 Å². The molecule has 3 rings (SSSR count). The molecule has 1 amide bonds. The Morgan fingerprint density at radius 1 is 1.24 bits per heavy atom. The summed E-state index contributed by atoms with van der Waals surface area (Å²) in [6.07, 6.45) is -0.334. The van der Waals surface area contributed by atoms with Crippen LogP contribution in [0, 0.1) is 11.3 Å². The molecule has 0 spiro atoms. The van der Waals surface area contributed by atoms with Crippen LogP contribution in [-0.4, -0.2) is 42.2 Å². The van der Waals surface area contributed by atoms with E-state index in [2.05, 4.69) is 15.3 Å². The molecule has 29 heavy (non-hydrogen) atoms. The molecule has 1 aliphatic rings. The third kappa shape index (κ3) is 5.30. The lowest BCUT2D eigenvalue weighted by atomic mass is 10.1. The van der Waals surface area contributed by atoms with E-state index in [-0.39, 0.29) is 11.3 Å². The number of halogens is 3. The molecule has 1 fully saturated rings. The lowest BCUT2D eigenvalue weighted by molar-refractivity contribution is -0.137. The number of aromatic nitrogens is 2. The fourth-order valence-electron chi connectivity index (χ4n) is 2.62. The van der Waals surface area contributed by atoms with Crippen LogP contribution in [0.25, 0.3) is 6.08 Å². The molecule has 0 radical (unpaired) electrons. The van der Waals surface area contributed by atoms with Gasteiger partial charge in [-0.3, -0.25) is 4.79 Å². The normalized spacial score (nSPS) is 15.0. The summed E-state index contributed by atoms with van der Waals surface area (Å²) in [5.41, 5.74) is -0.835. The van der Waals surface area contributed by atoms with Crippen molar-refractivity contribution in [1.82, 2.24) is 9.97 Å². The summed E-state index contributed by atoms with van der Waals surface area (Å²) in [7, 11) is 0. The lowest BCUT2D eigenvalue weighted by Gasteiger charge is -2.26. The number of benzene rings is 1. The van der Waals surface area contributed by atoms with Crippen LogP contribution < -0.4 is 10.2 Å². The van der Waals surface area contributed by atoms with Crippen LogP contribution in [0.1, 0.15) is 11.1 Å². The van der Waals surface area contributed by atoms with Gasteiger partial charge in [0.2, 0.25) is 5.95 Å². The number of nitrogens with zero attached hydrogens (tertiary/aromatic N) is 4. The number of hydrogen-bond acceptors (Lipinski definition) is 6. The SMILES string of the molecule is N#C/C(=C\c1cnc(N2CCOCC2)nc1)C(=O)Nc1cccc(C(F)(F)F)c1. The quantitative estimate of drug-likeness (QED) is 0.624. The van der Waals surface area contributed by atoms with E-state index in [1.54, 1.807) is 6.07 Å². The van der Waals surface area contributed by atoms with Crippen molar-refractivity contribution in [2.45, 2.75) is 6.18 Å². The molecule has 7 nitrogen and oxygen atoms in total. The number of nitrogens with one attached hydrogen (secondary N) is 1. The third-order valence-corrected chi connectivity index (χ3v) is 4.08. The molecule has 0 saturated carbocycles. The third-order valence-electron chi connectivity index (χ3n) is 4.08. The Kier molecular flexibility index (Phi) is 6.09. The number of amides is 1. The van der Waals surface area contributed by atoms with Crippen LogP contribution >= 0.6 is 0 Å². The van der Waals surface area contributed by atoms with Gasteiger partial charge < -0.3 is 15.0 Å². The highest BCUT2D eigenvalue weighted by atomic mass is 19.4. The van der Waals surface area contributed by atoms with Crippen LogP contribution in [0.5, 0.6) is 0 Å². The highest BCUT2D eigenvalue weighted by Crippen LogP contribution is 2.30. The van der Waals surface area contributed by atoms with Gasteiger partial charge in [-0.1, -0.05) is 6.07 Å². The summed E-state index contributed by atoms with van der Waals surface area (Å²) in [6.45, 7) is 2.49.